The minimum Gasteiger partial charge on any atom is -0.345 e. The first kappa shape index (κ1) is 11.7. The maximum absolute atomic E-state index is 13.6. The average Bonchev–Trinajstić information content (AvgIpc) is 2.16. The third-order valence-electron chi connectivity index (χ3n) is 2.30. The Hall–Kier alpha value is -1.38. The first-order chi connectivity index (χ1) is 6.93. The zero-order valence-corrected chi connectivity index (χ0v) is 9.54. The fraction of sp³-hybridized carbons (Fsp3) is 0.417. The van der Waals surface area contributed by atoms with Crippen LogP contribution in [0.25, 0.3) is 0 Å². The van der Waals surface area contributed by atoms with Crippen molar-refractivity contribution >= 4 is 5.91 Å². The molecule has 0 fully saturated rings. The molecule has 2 nitrogen and oxygen atoms in total. The molecule has 15 heavy (non-hydrogen) atoms. The van der Waals surface area contributed by atoms with E-state index in [0.29, 0.717) is 0 Å². The highest BCUT2D eigenvalue weighted by molar-refractivity contribution is 5.94. The second kappa shape index (κ2) is 4.43. The zero-order chi connectivity index (χ0) is 11.6. The van der Waals surface area contributed by atoms with E-state index in [1.165, 1.54) is 11.0 Å². The highest BCUT2D eigenvalue weighted by atomic mass is 19.1. The summed E-state index contributed by atoms with van der Waals surface area (Å²) >= 11 is 0. The van der Waals surface area contributed by atoms with Crippen molar-refractivity contribution in [3.05, 3.63) is 35.1 Å². The first-order valence-corrected chi connectivity index (χ1v) is 4.94. The van der Waals surface area contributed by atoms with Crippen LogP contribution in [0.5, 0.6) is 0 Å². The zero-order valence-electron chi connectivity index (χ0n) is 9.54. The van der Waals surface area contributed by atoms with Gasteiger partial charge in [-0.25, -0.2) is 4.39 Å². The Morgan fingerprint density at radius 2 is 1.93 bits per heavy atom. The molecule has 1 rings (SSSR count). The first-order valence-electron chi connectivity index (χ1n) is 4.94. The van der Waals surface area contributed by atoms with Gasteiger partial charge in [-0.05, 0) is 23.6 Å². The lowest BCUT2D eigenvalue weighted by Crippen LogP contribution is -2.22. The largest absolute Gasteiger partial charge is 0.345 e. The maximum atomic E-state index is 13.6. The molecule has 0 unspecified atom stereocenters. The summed E-state index contributed by atoms with van der Waals surface area (Å²) in [5.41, 5.74) is 1.03. The molecule has 0 N–H and O–H groups in total. The Morgan fingerprint density at radius 3 is 2.33 bits per heavy atom. The lowest BCUT2D eigenvalue weighted by molar-refractivity contribution is 0.0823. The molecule has 0 saturated heterocycles. The lowest BCUT2D eigenvalue weighted by Gasteiger charge is -2.12. The van der Waals surface area contributed by atoms with E-state index in [-0.39, 0.29) is 17.4 Å². The monoisotopic (exact) mass is 209 g/mol. The summed E-state index contributed by atoms with van der Waals surface area (Å²) in [6, 6.07) is 4.78. The van der Waals surface area contributed by atoms with Crippen LogP contribution in [-0.2, 0) is 0 Å². The van der Waals surface area contributed by atoms with Crippen LogP contribution in [0.2, 0.25) is 0 Å². The Labute approximate surface area is 89.7 Å². The molecular formula is C12H16FNO. The highest BCUT2D eigenvalue weighted by Gasteiger charge is 2.14. The van der Waals surface area contributed by atoms with Crippen LogP contribution in [-0.4, -0.2) is 24.9 Å². The Kier molecular flexibility index (Phi) is 3.45. The van der Waals surface area contributed by atoms with Crippen LogP contribution in [0.15, 0.2) is 18.2 Å². The molecule has 0 aliphatic carbocycles. The van der Waals surface area contributed by atoms with Crippen LogP contribution < -0.4 is 0 Å². The van der Waals surface area contributed by atoms with Crippen molar-refractivity contribution in [2.75, 3.05) is 14.1 Å². The molecule has 0 radical (unpaired) electrons. The number of benzene rings is 1. The topological polar surface area (TPSA) is 20.3 Å². The predicted molar refractivity (Wildman–Crippen MR) is 58.5 cm³/mol. The van der Waals surface area contributed by atoms with Gasteiger partial charge in [0.05, 0.1) is 5.56 Å². The van der Waals surface area contributed by atoms with Crippen LogP contribution in [0.3, 0.4) is 0 Å². The molecule has 0 bridgehead atoms. The number of carbonyl (C=O) groups excluding carboxylic acids is 1. The van der Waals surface area contributed by atoms with Gasteiger partial charge in [-0.3, -0.25) is 4.79 Å². The van der Waals surface area contributed by atoms with Gasteiger partial charge in [0.1, 0.15) is 5.82 Å². The fourth-order valence-corrected chi connectivity index (χ4v) is 1.30. The summed E-state index contributed by atoms with van der Waals surface area (Å²) in [6.07, 6.45) is 0. The summed E-state index contributed by atoms with van der Waals surface area (Å²) in [5, 5.41) is 0. The number of amides is 1. The Bertz CT molecular complexity index is 372. The van der Waals surface area contributed by atoms with E-state index in [4.69, 9.17) is 0 Å². The van der Waals surface area contributed by atoms with Crippen molar-refractivity contribution in [2.24, 2.45) is 0 Å². The van der Waals surface area contributed by atoms with Gasteiger partial charge in [-0.2, -0.15) is 0 Å². The average molecular weight is 209 g/mol. The molecule has 0 heterocycles. The van der Waals surface area contributed by atoms with Gasteiger partial charge in [-0.1, -0.05) is 19.9 Å². The number of hydrogen-bond acceptors (Lipinski definition) is 1. The number of halogens is 1. The molecule has 1 aromatic carbocycles. The number of hydrogen-bond donors (Lipinski definition) is 0. The Morgan fingerprint density at radius 1 is 1.33 bits per heavy atom. The molecule has 3 heteroatoms. The van der Waals surface area contributed by atoms with E-state index >= 15 is 0 Å². The minimum absolute atomic E-state index is 0.129. The van der Waals surface area contributed by atoms with E-state index in [0.717, 1.165) is 5.56 Å². The second-order valence-corrected chi connectivity index (χ2v) is 4.09. The SMILES string of the molecule is CC(C)c1ccc(C(=O)N(C)C)c(F)c1. The van der Waals surface area contributed by atoms with Crippen molar-refractivity contribution < 1.29 is 9.18 Å². The van der Waals surface area contributed by atoms with Crippen LogP contribution in [0.1, 0.15) is 35.7 Å². The van der Waals surface area contributed by atoms with Crippen LogP contribution in [0.4, 0.5) is 4.39 Å². The summed E-state index contributed by atoms with van der Waals surface area (Å²) in [5.74, 6) is -0.481. The van der Waals surface area contributed by atoms with Gasteiger partial charge >= 0.3 is 0 Å². The Balaban J connectivity index is 3.08. The van der Waals surface area contributed by atoms with Gasteiger partial charge in [-0.15, -0.1) is 0 Å². The summed E-state index contributed by atoms with van der Waals surface area (Å²) < 4.78 is 13.6. The number of nitrogens with zero attached hydrogens (tertiary/aromatic N) is 1. The highest BCUT2D eigenvalue weighted by Crippen LogP contribution is 2.18. The van der Waals surface area contributed by atoms with E-state index in [9.17, 15) is 9.18 Å². The van der Waals surface area contributed by atoms with Gasteiger partial charge in [0.25, 0.3) is 5.91 Å². The van der Waals surface area contributed by atoms with Crippen LogP contribution >= 0.6 is 0 Å². The standard InChI is InChI=1S/C12H16FNO/c1-8(2)9-5-6-10(11(13)7-9)12(15)14(3)4/h5-8H,1-4H3. The minimum atomic E-state index is -0.445. The molecular weight excluding hydrogens is 193 g/mol. The van der Waals surface area contributed by atoms with Crippen molar-refractivity contribution in [1.29, 1.82) is 0 Å². The van der Waals surface area contributed by atoms with Gasteiger partial charge in [0, 0.05) is 14.1 Å². The molecule has 1 amide bonds. The predicted octanol–water partition coefficient (Wildman–Crippen LogP) is 2.65. The lowest BCUT2D eigenvalue weighted by atomic mass is 10.0. The number of carbonyl (C=O) groups is 1. The molecule has 0 aromatic heterocycles. The summed E-state index contributed by atoms with van der Waals surface area (Å²) in [7, 11) is 3.22. The molecule has 0 spiro atoms. The fourth-order valence-electron chi connectivity index (χ4n) is 1.30. The quantitative estimate of drug-likeness (QED) is 0.733. The van der Waals surface area contributed by atoms with Crippen LogP contribution in [0, 0.1) is 5.82 Å². The van der Waals surface area contributed by atoms with Crippen molar-refractivity contribution in [2.45, 2.75) is 19.8 Å². The molecule has 0 atom stereocenters. The third-order valence-corrected chi connectivity index (χ3v) is 2.30. The van der Waals surface area contributed by atoms with Crippen molar-refractivity contribution in [1.82, 2.24) is 4.90 Å². The molecule has 0 saturated carbocycles. The van der Waals surface area contributed by atoms with Crippen molar-refractivity contribution in [3.63, 3.8) is 0 Å². The molecule has 0 aliphatic rings. The number of rotatable bonds is 2. The maximum Gasteiger partial charge on any atom is 0.256 e. The second-order valence-electron chi connectivity index (χ2n) is 4.09. The van der Waals surface area contributed by atoms with E-state index in [2.05, 4.69) is 0 Å². The summed E-state index contributed by atoms with van der Waals surface area (Å²) in [6.45, 7) is 3.98. The molecule has 1 aromatic rings. The van der Waals surface area contributed by atoms with Gasteiger partial charge < -0.3 is 4.90 Å². The van der Waals surface area contributed by atoms with Crippen molar-refractivity contribution in [3.8, 4) is 0 Å². The van der Waals surface area contributed by atoms with Gasteiger partial charge in [0.15, 0.2) is 0 Å². The van der Waals surface area contributed by atoms with E-state index in [1.54, 1.807) is 26.2 Å². The normalized spacial score (nSPS) is 10.5. The smallest absolute Gasteiger partial charge is 0.256 e. The summed E-state index contributed by atoms with van der Waals surface area (Å²) in [4.78, 5) is 12.9. The van der Waals surface area contributed by atoms with E-state index < -0.39 is 5.82 Å². The van der Waals surface area contributed by atoms with Gasteiger partial charge in [0.2, 0.25) is 0 Å². The molecule has 0 aliphatic heterocycles. The third kappa shape index (κ3) is 2.55. The molecule has 82 valence electrons. The van der Waals surface area contributed by atoms with E-state index in [1.807, 2.05) is 13.8 Å².